The van der Waals surface area contributed by atoms with Crippen LogP contribution in [0.25, 0.3) is 6.08 Å². The van der Waals surface area contributed by atoms with Gasteiger partial charge in [-0.2, -0.15) is 0 Å². The molecule has 1 fully saturated rings. The quantitative estimate of drug-likeness (QED) is 0.521. The molecule has 3 aromatic carbocycles. The number of rotatable bonds is 6. The van der Waals surface area contributed by atoms with Crippen LogP contribution in [-0.2, 0) is 16.4 Å². The molecule has 3 aromatic rings. The van der Waals surface area contributed by atoms with Crippen LogP contribution < -0.4 is 9.79 Å². The molecule has 1 saturated carbocycles. The van der Waals surface area contributed by atoms with Gasteiger partial charge in [0.1, 0.15) is 5.69 Å². The first-order chi connectivity index (χ1) is 15.5. The van der Waals surface area contributed by atoms with Crippen LogP contribution in [0, 0.1) is 5.92 Å². The van der Waals surface area contributed by atoms with E-state index >= 15 is 0 Å². The number of hydrogen-bond donors (Lipinski definition) is 3. The van der Waals surface area contributed by atoms with Gasteiger partial charge in [0.15, 0.2) is 11.7 Å². The second-order valence-corrected chi connectivity index (χ2v) is 10.3. The zero-order chi connectivity index (χ0) is 22.1. The number of para-hydroxylation sites is 1. The molecule has 2 aliphatic rings. The molecule has 1 aliphatic carbocycles. The minimum atomic E-state index is -3.79. The van der Waals surface area contributed by atoms with Crippen molar-refractivity contribution in [3.8, 4) is 0 Å². The summed E-state index contributed by atoms with van der Waals surface area (Å²) >= 11 is 0. The molecule has 2 atom stereocenters. The van der Waals surface area contributed by atoms with Crippen LogP contribution in [0.15, 0.2) is 83.8 Å². The van der Waals surface area contributed by atoms with Crippen LogP contribution in [0.5, 0.6) is 0 Å². The topological polar surface area (TPSA) is 70.8 Å². The van der Waals surface area contributed by atoms with Crippen molar-refractivity contribution < 1.29 is 18.7 Å². The van der Waals surface area contributed by atoms with E-state index in [9.17, 15) is 13.6 Å². The van der Waals surface area contributed by atoms with Gasteiger partial charge in [0.2, 0.25) is 0 Å². The summed E-state index contributed by atoms with van der Waals surface area (Å²) in [6.07, 6.45) is 8.70. The maximum Gasteiger partial charge on any atom is 0.262 e. The Morgan fingerprint density at radius 2 is 1.69 bits per heavy atom. The van der Waals surface area contributed by atoms with Crippen LogP contribution in [0.1, 0.15) is 42.0 Å². The van der Waals surface area contributed by atoms with Crippen molar-refractivity contribution in [2.75, 3.05) is 4.72 Å². The lowest BCUT2D eigenvalue weighted by Crippen LogP contribution is -3.05. The lowest BCUT2D eigenvalue weighted by Gasteiger charge is -2.26. The van der Waals surface area contributed by atoms with Crippen molar-refractivity contribution in [1.82, 2.24) is 0 Å². The molecule has 3 N–H and O–H groups in total. The maximum atomic E-state index is 13.1. The Morgan fingerprint density at radius 3 is 2.38 bits per heavy atom. The van der Waals surface area contributed by atoms with E-state index in [1.807, 2.05) is 60.7 Å². The predicted octanol–water partition coefficient (Wildman–Crippen LogP) is 4.50. The number of benzene rings is 3. The first-order valence-corrected chi connectivity index (χ1v) is 12.5. The van der Waals surface area contributed by atoms with Gasteiger partial charge >= 0.3 is 0 Å². The van der Waals surface area contributed by atoms with E-state index in [0.29, 0.717) is 11.4 Å². The van der Waals surface area contributed by atoms with Crippen molar-refractivity contribution in [2.24, 2.45) is 5.92 Å². The van der Waals surface area contributed by atoms with Gasteiger partial charge in [-0.25, -0.2) is 13.6 Å². The second-order valence-electron chi connectivity index (χ2n) is 8.65. The Bertz CT molecular complexity index is 1230. The Balaban J connectivity index is 1.41. The minimum absolute atomic E-state index is 0.142. The number of sulfonamides is 1. The van der Waals surface area contributed by atoms with Crippen LogP contribution in [0.3, 0.4) is 0 Å². The molecule has 32 heavy (non-hydrogen) atoms. The van der Waals surface area contributed by atoms with Gasteiger partial charge in [0.25, 0.3) is 10.0 Å². The number of fused-ring (bicyclic) bond motifs is 1. The second kappa shape index (κ2) is 8.54. The fourth-order valence-corrected chi connectivity index (χ4v) is 5.57. The fraction of sp³-hybridized carbons (Fsp3) is 0.231. The fourth-order valence-electron chi connectivity index (χ4n) is 4.49. The third-order valence-electron chi connectivity index (χ3n) is 6.50. The molecule has 0 amide bonds. The Morgan fingerprint density at radius 1 is 0.938 bits per heavy atom. The van der Waals surface area contributed by atoms with E-state index in [0.717, 1.165) is 23.5 Å². The van der Waals surface area contributed by atoms with Crippen molar-refractivity contribution in [1.29, 1.82) is 0 Å². The SMILES string of the molecule is O=S(=O)(Nc1cccc2c1[NH+](O)C(c1ccccc1)C=C2)c1ccc(CC2CCC2)cc1. The molecule has 164 valence electrons. The van der Waals surface area contributed by atoms with Gasteiger partial charge in [0, 0.05) is 11.1 Å². The summed E-state index contributed by atoms with van der Waals surface area (Å²) in [5.41, 5.74) is 3.81. The molecule has 0 bridgehead atoms. The van der Waals surface area contributed by atoms with Gasteiger partial charge in [-0.1, -0.05) is 67.8 Å². The smallest absolute Gasteiger partial charge is 0.262 e. The Labute approximate surface area is 189 Å². The number of hydrogen-bond acceptors (Lipinski definition) is 3. The van der Waals surface area contributed by atoms with Crippen LogP contribution in [0.2, 0.25) is 0 Å². The van der Waals surface area contributed by atoms with Crippen LogP contribution >= 0.6 is 0 Å². The molecular formula is C26H27N2O3S+. The zero-order valence-corrected chi connectivity index (χ0v) is 18.6. The maximum absolute atomic E-state index is 13.1. The number of nitrogens with one attached hydrogen (secondary N) is 2. The first kappa shape index (κ1) is 20.9. The lowest BCUT2D eigenvalue weighted by atomic mass is 9.81. The summed E-state index contributed by atoms with van der Waals surface area (Å²) in [5, 5.41) is 11.2. The Kier molecular flexibility index (Phi) is 5.59. The van der Waals surface area contributed by atoms with E-state index in [4.69, 9.17) is 0 Å². The molecule has 1 aliphatic heterocycles. The molecule has 2 unspecified atom stereocenters. The van der Waals surface area contributed by atoms with Crippen molar-refractivity contribution in [2.45, 2.75) is 36.6 Å². The molecule has 0 spiro atoms. The summed E-state index contributed by atoms with van der Waals surface area (Å²) in [6, 6.07) is 21.9. The van der Waals surface area contributed by atoms with Gasteiger partial charge in [0.05, 0.1) is 4.90 Å². The Hall–Kier alpha value is -2.93. The van der Waals surface area contributed by atoms with E-state index in [1.165, 1.54) is 24.8 Å². The predicted molar refractivity (Wildman–Crippen MR) is 125 cm³/mol. The molecule has 1 heterocycles. The molecule has 0 saturated heterocycles. The van der Waals surface area contributed by atoms with E-state index in [1.54, 1.807) is 24.3 Å². The minimum Gasteiger partial charge on any atom is -0.274 e. The average Bonchev–Trinajstić information content (AvgIpc) is 2.77. The summed E-state index contributed by atoms with van der Waals surface area (Å²) in [6.45, 7) is 0. The van der Waals surface area contributed by atoms with Crippen LogP contribution in [-0.4, -0.2) is 13.6 Å². The molecule has 5 rings (SSSR count). The average molecular weight is 448 g/mol. The highest BCUT2D eigenvalue weighted by Crippen LogP contribution is 2.32. The van der Waals surface area contributed by atoms with Crippen molar-refractivity contribution in [3.63, 3.8) is 0 Å². The third-order valence-corrected chi connectivity index (χ3v) is 7.88. The van der Waals surface area contributed by atoms with Crippen LogP contribution in [0.4, 0.5) is 11.4 Å². The standard InChI is InChI=1S/C26H26N2O3S/c29-28-25(21-8-2-1-3-9-21)17-14-22-10-5-11-24(26(22)28)27-32(30,31)23-15-12-20(13-16-23)18-19-6-4-7-19/h1-3,5,8-17,19,25,27,29H,4,6-7,18H2/p+1. The molecule has 5 nitrogen and oxygen atoms in total. The number of hydroxylamine groups is 1. The molecular weight excluding hydrogens is 420 g/mol. The number of quaternary nitrogens is 1. The summed E-state index contributed by atoms with van der Waals surface area (Å²) in [4.78, 5) is 0.220. The summed E-state index contributed by atoms with van der Waals surface area (Å²) < 4.78 is 29.0. The summed E-state index contributed by atoms with van der Waals surface area (Å²) in [5.74, 6) is 0.732. The molecule has 0 aromatic heterocycles. The van der Waals surface area contributed by atoms with Gasteiger partial charge in [-0.15, -0.1) is 5.06 Å². The van der Waals surface area contributed by atoms with E-state index in [-0.39, 0.29) is 16.0 Å². The monoisotopic (exact) mass is 447 g/mol. The lowest BCUT2D eigenvalue weighted by molar-refractivity contribution is -1.05. The van der Waals surface area contributed by atoms with Crippen molar-refractivity contribution in [3.05, 3.63) is 95.6 Å². The van der Waals surface area contributed by atoms with E-state index < -0.39 is 10.0 Å². The first-order valence-electron chi connectivity index (χ1n) is 11.1. The van der Waals surface area contributed by atoms with E-state index in [2.05, 4.69) is 4.72 Å². The highest BCUT2D eigenvalue weighted by molar-refractivity contribution is 7.92. The highest BCUT2D eigenvalue weighted by Gasteiger charge is 2.32. The van der Waals surface area contributed by atoms with Gasteiger partial charge in [-0.3, -0.25) is 4.72 Å². The highest BCUT2D eigenvalue weighted by atomic mass is 32.2. The normalized spacial score (nSPS) is 20.4. The molecule has 0 radical (unpaired) electrons. The van der Waals surface area contributed by atoms with Gasteiger partial charge < -0.3 is 0 Å². The number of anilines is 1. The third kappa shape index (κ3) is 4.09. The largest absolute Gasteiger partial charge is 0.274 e. The van der Waals surface area contributed by atoms with Gasteiger partial charge in [-0.05, 0) is 54.3 Å². The summed E-state index contributed by atoms with van der Waals surface area (Å²) in [7, 11) is -3.79. The van der Waals surface area contributed by atoms with Crippen molar-refractivity contribution >= 4 is 27.5 Å². The molecule has 6 heteroatoms. The zero-order valence-electron chi connectivity index (χ0n) is 17.7.